The Bertz CT molecular complexity index is 1070. The zero-order chi connectivity index (χ0) is 17.2. The van der Waals surface area contributed by atoms with E-state index >= 15 is 0 Å². The van der Waals surface area contributed by atoms with Crippen LogP contribution < -0.4 is 0 Å². The van der Waals surface area contributed by atoms with Gasteiger partial charge in [0.25, 0.3) is 0 Å². The first-order valence-electron chi connectivity index (χ1n) is 8.24. The summed E-state index contributed by atoms with van der Waals surface area (Å²) in [5.74, 6) is 0. The third-order valence-corrected chi connectivity index (χ3v) is 4.41. The van der Waals surface area contributed by atoms with Crippen molar-refractivity contribution in [2.45, 2.75) is 13.5 Å². The van der Waals surface area contributed by atoms with Crippen LogP contribution in [-0.2, 0) is 6.54 Å². The SMILES string of the molecule is Cc1ccc(-c2cnc3c(c2)c(C#N)cn3Cc2ccccc2)cc1. The van der Waals surface area contributed by atoms with Gasteiger partial charge in [0.05, 0.1) is 5.56 Å². The van der Waals surface area contributed by atoms with Crippen LogP contribution in [-0.4, -0.2) is 9.55 Å². The lowest BCUT2D eigenvalue weighted by atomic mass is 10.0. The Balaban J connectivity index is 1.80. The van der Waals surface area contributed by atoms with Gasteiger partial charge in [-0.15, -0.1) is 0 Å². The van der Waals surface area contributed by atoms with Gasteiger partial charge in [0.2, 0.25) is 0 Å². The Morgan fingerprint density at radius 3 is 2.48 bits per heavy atom. The molecule has 2 aromatic carbocycles. The number of rotatable bonds is 3. The average Bonchev–Trinajstić information content (AvgIpc) is 3.00. The van der Waals surface area contributed by atoms with Gasteiger partial charge in [0.15, 0.2) is 0 Å². The van der Waals surface area contributed by atoms with Gasteiger partial charge in [-0.2, -0.15) is 5.26 Å². The fourth-order valence-corrected chi connectivity index (χ4v) is 3.06. The minimum atomic E-state index is 0.660. The molecule has 0 saturated carbocycles. The summed E-state index contributed by atoms with van der Waals surface area (Å²) in [6.07, 6.45) is 3.78. The molecule has 2 heterocycles. The summed E-state index contributed by atoms with van der Waals surface area (Å²) in [6.45, 7) is 2.78. The lowest BCUT2D eigenvalue weighted by Crippen LogP contribution is -1.98. The number of pyridine rings is 1. The number of aromatic nitrogens is 2. The highest BCUT2D eigenvalue weighted by Gasteiger charge is 2.11. The average molecular weight is 323 g/mol. The highest BCUT2D eigenvalue weighted by molar-refractivity contribution is 5.87. The highest BCUT2D eigenvalue weighted by Crippen LogP contribution is 2.26. The predicted molar refractivity (Wildman–Crippen MR) is 100 cm³/mol. The molecular weight excluding hydrogens is 306 g/mol. The molecule has 2 aromatic heterocycles. The predicted octanol–water partition coefficient (Wildman–Crippen LogP) is 4.93. The van der Waals surface area contributed by atoms with E-state index in [1.807, 2.05) is 35.2 Å². The van der Waals surface area contributed by atoms with Crippen molar-refractivity contribution in [3.63, 3.8) is 0 Å². The zero-order valence-electron chi connectivity index (χ0n) is 14.0. The second kappa shape index (κ2) is 6.26. The Morgan fingerprint density at radius 1 is 1.00 bits per heavy atom. The summed E-state index contributed by atoms with van der Waals surface area (Å²) in [4.78, 5) is 4.66. The van der Waals surface area contributed by atoms with Gasteiger partial charge in [-0.3, -0.25) is 0 Å². The second-order valence-corrected chi connectivity index (χ2v) is 6.23. The molecule has 0 radical (unpaired) electrons. The molecule has 0 amide bonds. The normalized spacial score (nSPS) is 10.7. The van der Waals surface area contributed by atoms with Gasteiger partial charge < -0.3 is 4.57 Å². The third kappa shape index (κ3) is 2.90. The van der Waals surface area contributed by atoms with Gasteiger partial charge in [-0.1, -0.05) is 60.2 Å². The first-order valence-corrected chi connectivity index (χ1v) is 8.24. The van der Waals surface area contributed by atoms with Crippen LogP contribution in [0, 0.1) is 18.3 Å². The molecule has 0 fully saturated rings. The van der Waals surface area contributed by atoms with Crippen molar-refractivity contribution in [1.29, 1.82) is 5.26 Å². The van der Waals surface area contributed by atoms with E-state index in [-0.39, 0.29) is 0 Å². The number of fused-ring (bicyclic) bond motifs is 1. The van der Waals surface area contributed by atoms with Gasteiger partial charge in [0, 0.05) is 29.9 Å². The lowest BCUT2D eigenvalue weighted by molar-refractivity contribution is 0.824. The van der Waals surface area contributed by atoms with E-state index in [9.17, 15) is 5.26 Å². The van der Waals surface area contributed by atoms with E-state index in [1.165, 1.54) is 11.1 Å². The summed E-state index contributed by atoms with van der Waals surface area (Å²) in [5.41, 5.74) is 6.06. The van der Waals surface area contributed by atoms with Gasteiger partial charge in [-0.25, -0.2) is 4.98 Å². The zero-order valence-corrected chi connectivity index (χ0v) is 14.0. The Kier molecular flexibility index (Phi) is 3.80. The summed E-state index contributed by atoms with van der Waals surface area (Å²) in [7, 11) is 0. The Labute approximate surface area is 146 Å². The fraction of sp³-hybridized carbons (Fsp3) is 0.0909. The quantitative estimate of drug-likeness (QED) is 0.536. The molecular formula is C22H17N3. The van der Waals surface area contributed by atoms with E-state index in [1.54, 1.807) is 0 Å². The number of hydrogen-bond donors (Lipinski definition) is 0. The molecule has 0 aliphatic heterocycles. The van der Waals surface area contributed by atoms with E-state index in [0.717, 1.165) is 22.2 Å². The van der Waals surface area contributed by atoms with Gasteiger partial charge in [0.1, 0.15) is 11.7 Å². The van der Waals surface area contributed by atoms with Crippen molar-refractivity contribution < 1.29 is 0 Å². The van der Waals surface area contributed by atoms with Crippen molar-refractivity contribution in [1.82, 2.24) is 9.55 Å². The minimum absolute atomic E-state index is 0.660. The molecule has 3 nitrogen and oxygen atoms in total. The van der Waals surface area contributed by atoms with Crippen molar-refractivity contribution >= 4 is 11.0 Å². The number of nitriles is 1. The van der Waals surface area contributed by atoms with Crippen LogP contribution in [0.2, 0.25) is 0 Å². The molecule has 4 rings (SSSR count). The lowest BCUT2D eigenvalue weighted by Gasteiger charge is -2.06. The molecule has 0 spiro atoms. The van der Waals surface area contributed by atoms with Crippen molar-refractivity contribution in [2.75, 3.05) is 0 Å². The molecule has 0 aliphatic rings. The van der Waals surface area contributed by atoms with Crippen LogP contribution in [0.3, 0.4) is 0 Å². The Morgan fingerprint density at radius 2 is 1.76 bits per heavy atom. The van der Waals surface area contributed by atoms with Crippen molar-refractivity contribution in [3.8, 4) is 17.2 Å². The Hall–Kier alpha value is -3.38. The first kappa shape index (κ1) is 15.2. The third-order valence-electron chi connectivity index (χ3n) is 4.41. The molecule has 0 atom stereocenters. The largest absolute Gasteiger partial charge is 0.327 e. The fourth-order valence-electron chi connectivity index (χ4n) is 3.06. The van der Waals surface area contributed by atoms with Gasteiger partial charge in [-0.05, 0) is 24.1 Å². The molecule has 4 aromatic rings. The maximum atomic E-state index is 9.52. The van der Waals surface area contributed by atoms with Crippen LogP contribution in [0.25, 0.3) is 22.2 Å². The minimum Gasteiger partial charge on any atom is -0.327 e. The summed E-state index contributed by atoms with van der Waals surface area (Å²) < 4.78 is 2.04. The van der Waals surface area contributed by atoms with Crippen LogP contribution in [0.1, 0.15) is 16.7 Å². The van der Waals surface area contributed by atoms with Crippen LogP contribution >= 0.6 is 0 Å². The number of hydrogen-bond acceptors (Lipinski definition) is 2. The topological polar surface area (TPSA) is 41.6 Å². The molecule has 25 heavy (non-hydrogen) atoms. The summed E-state index contributed by atoms with van der Waals surface area (Å²) >= 11 is 0. The first-order chi connectivity index (χ1) is 12.2. The van der Waals surface area contributed by atoms with E-state index < -0.39 is 0 Å². The molecule has 3 heteroatoms. The molecule has 0 saturated heterocycles. The van der Waals surface area contributed by atoms with Crippen molar-refractivity contribution in [2.24, 2.45) is 0 Å². The monoisotopic (exact) mass is 323 g/mol. The van der Waals surface area contributed by atoms with Crippen LogP contribution in [0.4, 0.5) is 0 Å². The standard InChI is InChI=1S/C22H17N3/c1-16-7-9-18(10-8-16)19-11-21-20(12-23)15-25(22(21)24-13-19)14-17-5-3-2-4-6-17/h2-11,13,15H,14H2,1H3. The number of nitrogens with zero attached hydrogens (tertiary/aromatic N) is 3. The smallest absolute Gasteiger partial charge is 0.141 e. The van der Waals surface area contributed by atoms with Crippen LogP contribution in [0.5, 0.6) is 0 Å². The highest BCUT2D eigenvalue weighted by atomic mass is 15.0. The van der Waals surface area contributed by atoms with E-state index in [0.29, 0.717) is 12.1 Å². The molecule has 120 valence electrons. The molecule has 0 bridgehead atoms. The molecule has 0 aliphatic carbocycles. The second-order valence-electron chi connectivity index (χ2n) is 6.23. The number of aryl methyl sites for hydroxylation is 1. The molecule has 0 unspecified atom stereocenters. The number of benzene rings is 2. The maximum Gasteiger partial charge on any atom is 0.141 e. The van der Waals surface area contributed by atoms with E-state index in [4.69, 9.17) is 0 Å². The van der Waals surface area contributed by atoms with E-state index in [2.05, 4.69) is 60.4 Å². The van der Waals surface area contributed by atoms with Crippen LogP contribution in [0.15, 0.2) is 73.1 Å². The maximum absolute atomic E-state index is 9.52. The van der Waals surface area contributed by atoms with Gasteiger partial charge >= 0.3 is 0 Å². The summed E-state index contributed by atoms with van der Waals surface area (Å²) in [6, 6.07) is 22.9. The van der Waals surface area contributed by atoms with Crippen molar-refractivity contribution in [3.05, 3.63) is 89.7 Å². The summed E-state index contributed by atoms with van der Waals surface area (Å²) in [5, 5.41) is 10.4. The molecule has 0 N–H and O–H groups in total.